The number of rotatable bonds is 5. The first-order valence-corrected chi connectivity index (χ1v) is 10.7. The van der Waals surface area contributed by atoms with Crippen molar-refractivity contribution in [2.45, 2.75) is 24.4 Å². The first-order chi connectivity index (χ1) is 15.2. The van der Waals surface area contributed by atoms with Crippen molar-refractivity contribution in [1.82, 2.24) is 15.7 Å². The maximum atomic E-state index is 13.5. The molecule has 0 saturated carbocycles. The quantitative estimate of drug-likeness (QED) is 0.453. The Hall–Kier alpha value is -2.66. The zero-order valence-electron chi connectivity index (χ0n) is 17.3. The third-order valence-corrected chi connectivity index (χ3v) is 5.90. The van der Waals surface area contributed by atoms with Crippen LogP contribution in [-0.4, -0.2) is 60.9 Å². The summed E-state index contributed by atoms with van der Waals surface area (Å²) in [5.74, 6) is 1.53. The number of amidine groups is 1. The molecular weight excluding hydrogens is 447 g/mol. The molecular formula is C20H25ClF3N7O. The number of hydroxylamine groups is 1. The number of aliphatic imine (C=N–C) groups is 2. The van der Waals surface area contributed by atoms with Crippen molar-refractivity contribution in [2.24, 2.45) is 27.4 Å². The van der Waals surface area contributed by atoms with Gasteiger partial charge in [-0.2, -0.15) is 18.2 Å². The van der Waals surface area contributed by atoms with Gasteiger partial charge >= 0.3 is 6.18 Å². The summed E-state index contributed by atoms with van der Waals surface area (Å²) in [5, 5.41) is 2.69. The van der Waals surface area contributed by atoms with Crippen molar-refractivity contribution in [3.05, 3.63) is 46.6 Å². The lowest BCUT2D eigenvalue weighted by atomic mass is 9.96. The fourth-order valence-electron chi connectivity index (χ4n) is 3.81. The summed E-state index contributed by atoms with van der Waals surface area (Å²) in [6, 6.07) is 0. The summed E-state index contributed by atoms with van der Waals surface area (Å²) in [5.41, 5.74) is 15.1. The molecule has 0 aromatic rings. The third kappa shape index (κ3) is 5.04. The first-order valence-electron chi connectivity index (χ1n) is 10.3. The van der Waals surface area contributed by atoms with Gasteiger partial charge in [0.2, 0.25) is 5.90 Å². The van der Waals surface area contributed by atoms with Gasteiger partial charge in [0.1, 0.15) is 5.84 Å². The van der Waals surface area contributed by atoms with Crippen LogP contribution in [0.25, 0.3) is 0 Å². The molecule has 0 amide bonds. The van der Waals surface area contributed by atoms with Crippen LogP contribution in [0.1, 0.15) is 12.8 Å². The smallest absolute Gasteiger partial charge is 0.396 e. The zero-order valence-corrected chi connectivity index (χ0v) is 18.0. The third-order valence-electron chi connectivity index (χ3n) is 5.59. The van der Waals surface area contributed by atoms with Gasteiger partial charge < -0.3 is 26.5 Å². The van der Waals surface area contributed by atoms with E-state index in [1.54, 1.807) is 11.0 Å². The molecule has 1 unspecified atom stereocenters. The molecule has 1 atom stereocenters. The molecule has 8 nitrogen and oxygen atoms in total. The Balaban J connectivity index is 1.56. The van der Waals surface area contributed by atoms with Crippen molar-refractivity contribution >= 4 is 23.3 Å². The van der Waals surface area contributed by atoms with Crippen LogP contribution in [0.5, 0.6) is 0 Å². The van der Waals surface area contributed by atoms with Crippen LogP contribution in [0.15, 0.2) is 56.6 Å². The predicted molar refractivity (Wildman–Crippen MR) is 116 cm³/mol. The van der Waals surface area contributed by atoms with Crippen molar-refractivity contribution in [1.29, 1.82) is 0 Å². The number of allylic oxidation sites excluding steroid dienone is 3. The van der Waals surface area contributed by atoms with Crippen LogP contribution in [0.3, 0.4) is 0 Å². The van der Waals surface area contributed by atoms with Gasteiger partial charge in [-0.15, -0.1) is 11.6 Å². The van der Waals surface area contributed by atoms with Crippen LogP contribution in [0, 0.1) is 5.92 Å². The highest BCUT2D eigenvalue weighted by Crippen LogP contribution is 2.36. The minimum atomic E-state index is -4.46. The Kier molecular flexibility index (Phi) is 6.38. The van der Waals surface area contributed by atoms with Gasteiger partial charge in [0.25, 0.3) is 0 Å². The van der Waals surface area contributed by atoms with Gasteiger partial charge in [0.05, 0.1) is 28.9 Å². The summed E-state index contributed by atoms with van der Waals surface area (Å²) < 4.78 is 40.5. The largest absolute Gasteiger partial charge is 0.416 e. The van der Waals surface area contributed by atoms with Crippen molar-refractivity contribution < 1.29 is 18.0 Å². The molecule has 174 valence electrons. The molecule has 4 aliphatic rings. The van der Waals surface area contributed by atoms with Crippen LogP contribution in [0.2, 0.25) is 0 Å². The van der Waals surface area contributed by atoms with E-state index in [1.165, 1.54) is 6.08 Å². The molecule has 0 radical (unpaired) electrons. The van der Waals surface area contributed by atoms with Crippen LogP contribution < -0.4 is 22.3 Å². The average Bonchev–Trinajstić information content (AvgIpc) is 3.15. The Labute approximate surface area is 188 Å². The molecule has 4 rings (SSSR count). The lowest BCUT2D eigenvalue weighted by Crippen LogP contribution is -2.43. The lowest BCUT2D eigenvalue weighted by Gasteiger charge is -2.33. The second-order valence-corrected chi connectivity index (χ2v) is 8.58. The summed E-state index contributed by atoms with van der Waals surface area (Å²) in [4.78, 5) is 15.7. The van der Waals surface area contributed by atoms with Crippen LogP contribution in [-0.2, 0) is 4.84 Å². The number of nitrogens with two attached hydrogens (primary N) is 2. The van der Waals surface area contributed by atoms with Gasteiger partial charge in [-0.25, -0.2) is 5.48 Å². The maximum Gasteiger partial charge on any atom is 0.416 e. The minimum absolute atomic E-state index is 0.0215. The highest BCUT2D eigenvalue weighted by Gasteiger charge is 2.38. The molecule has 1 aliphatic carbocycles. The van der Waals surface area contributed by atoms with Gasteiger partial charge in [-0.3, -0.25) is 4.99 Å². The molecule has 6 N–H and O–H groups in total. The van der Waals surface area contributed by atoms with Gasteiger partial charge in [-0.1, -0.05) is 12.2 Å². The van der Waals surface area contributed by atoms with Gasteiger partial charge in [0.15, 0.2) is 5.82 Å². The first kappa shape index (κ1) is 22.5. The fraction of sp³-hybridized carbons (Fsp3) is 0.500. The normalized spacial score (nSPS) is 27.1. The van der Waals surface area contributed by atoms with E-state index < -0.39 is 17.1 Å². The molecule has 1 saturated heterocycles. The molecule has 12 heteroatoms. The second-order valence-electron chi connectivity index (χ2n) is 8.02. The van der Waals surface area contributed by atoms with Gasteiger partial charge in [0, 0.05) is 19.5 Å². The Morgan fingerprint density at radius 1 is 1.38 bits per heavy atom. The zero-order chi connectivity index (χ0) is 22.9. The molecule has 3 aliphatic heterocycles. The summed E-state index contributed by atoms with van der Waals surface area (Å²) in [7, 11) is 0. The lowest BCUT2D eigenvalue weighted by molar-refractivity contribution is -0.0901. The molecule has 0 bridgehead atoms. The van der Waals surface area contributed by atoms with E-state index >= 15 is 0 Å². The van der Waals surface area contributed by atoms with E-state index in [1.807, 2.05) is 0 Å². The number of hydrogen-bond donors (Lipinski definition) is 4. The number of alkyl halides is 4. The molecule has 0 aromatic carbocycles. The summed E-state index contributed by atoms with van der Waals surface area (Å²) >= 11 is 6.11. The van der Waals surface area contributed by atoms with Crippen molar-refractivity contribution in [2.75, 3.05) is 32.7 Å². The minimum Gasteiger partial charge on any atom is -0.396 e. The molecule has 32 heavy (non-hydrogen) atoms. The highest BCUT2D eigenvalue weighted by molar-refractivity contribution is 6.22. The average molecular weight is 472 g/mol. The standard InChI is InChI=1S/C20H25ClF3N7O/c21-13-1-2-14(20(22,23)24)12(6-13)10-31-4-3-28-18(26)16(31)7-15(25)19-29-17(32-30-19)5-11-8-27-9-11/h2,6-7,11,13,27,30H,1,3-5,8-10,25H2,(H2,26,28). The number of hydrogen-bond acceptors (Lipinski definition) is 8. The Morgan fingerprint density at radius 2 is 2.16 bits per heavy atom. The van der Waals surface area contributed by atoms with E-state index in [2.05, 4.69) is 20.8 Å². The molecule has 0 spiro atoms. The predicted octanol–water partition coefficient (Wildman–Crippen LogP) is 1.64. The van der Waals surface area contributed by atoms with E-state index in [9.17, 15) is 13.2 Å². The maximum absolute atomic E-state index is 13.5. The van der Waals surface area contributed by atoms with Crippen LogP contribution >= 0.6 is 11.6 Å². The van der Waals surface area contributed by atoms with Crippen molar-refractivity contribution in [3.8, 4) is 0 Å². The van der Waals surface area contributed by atoms with Crippen molar-refractivity contribution in [3.63, 3.8) is 0 Å². The van der Waals surface area contributed by atoms with E-state index in [0.29, 0.717) is 42.8 Å². The van der Waals surface area contributed by atoms with E-state index in [4.69, 9.17) is 27.9 Å². The SMILES string of the molecule is NC1=NCCN(CC2=CC(Cl)CC=C2C(F)(F)F)C1=CC(N)=C1N=C(CC2CNC2)ON1. The number of nitrogens with one attached hydrogen (secondary N) is 2. The van der Waals surface area contributed by atoms with E-state index in [0.717, 1.165) is 19.2 Å². The highest BCUT2D eigenvalue weighted by atomic mass is 35.5. The topological polar surface area (TPSA) is 113 Å². The Bertz CT molecular complexity index is 947. The fourth-order valence-corrected chi connectivity index (χ4v) is 4.05. The summed E-state index contributed by atoms with van der Waals surface area (Å²) in [6.07, 6.45) is 0.498. The monoisotopic (exact) mass is 471 g/mol. The Morgan fingerprint density at radius 3 is 2.84 bits per heavy atom. The second kappa shape index (κ2) is 9.07. The summed E-state index contributed by atoms with van der Waals surface area (Å²) in [6.45, 7) is 2.55. The van der Waals surface area contributed by atoms with Gasteiger partial charge in [-0.05, 0) is 37.1 Å². The molecule has 3 heterocycles. The molecule has 0 aromatic heterocycles. The molecule has 1 fully saturated rings. The number of nitrogens with zero attached hydrogens (tertiary/aromatic N) is 3. The van der Waals surface area contributed by atoms with E-state index in [-0.39, 0.29) is 30.1 Å². The number of halogens is 4. The van der Waals surface area contributed by atoms with Crippen LogP contribution in [0.4, 0.5) is 13.2 Å².